The summed E-state index contributed by atoms with van der Waals surface area (Å²) < 4.78 is 14.1. The van der Waals surface area contributed by atoms with Gasteiger partial charge in [-0.25, -0.2) is 10.4 Å². The lowest BCUT2D eigenvalue weighted by atomic mass is 9.84. The highest BCUT2D eigenvalue weighted by Crippen LogP contribution is 2.42. The number of allylic oxidation sites excluding steroid dienone is 1. The van der Waals surface area contributed by atoms with Crippen molar-refractivity contribution in [3.63, 3.8) is 0 Å². The van der Waals surface area contributed by atoms with Crippen LogP contribution in [0.3, 0.4) is 0 Å². The second kappa shape index (κ2) is 18.3. The summed E-state index contributed by atoms with van der Waals surface area (Å²) in [6.07, 6.45) is 4.83. The molecule has 1 aromatic carbocycles. The molecule has 6 rings (SSSR count). The number of pyridine rings is 1. The third-order valence-corrected chi connectivity index (χ3v) is 11.8. The molecule has 0 aliphatic carbocycles. The van der Waals surface area contributed by atoms with E-state index in [4.69, 9.17) is 19.4 Å². The fourth-order valence-corrected chi connectivity index (χ4v) is 8.63. The lowest BCUT2D eigenvalue weighted by Gasteiger charge is -2.35. The standard InChI is InChI=1S/C43H55N7O7S/c1-8-28(23-48(18-19-51)27(4)52)40(53)46-34-21-37-45-35(24-58-37)29-14-15-36-31(20-29)32(39(49(36)9-2)30-12-10-16-44-38(30)26(3)56-7)22-43(5,6)25-57-42(55)33-13-11-17-50(47-33)41(34)54/h8,10,12,14-16,20,24,26,33-34,47,51H,9,11,13,17-19,21-23,25H2,1-7H3,(H,46,53)/b28-8+/t26-,33-,34-/m0/s1. The number of aryl methyl sites for hydroxylation is 1. The minimum absolute atomic E-state index is 0.0355. The normalized spacial score (nSPS) is 19.4. The zero-order chi connectivity index (χ0) is 41.7. The first-order valence-corrected chi connectivity index (χ1v) is 20.8. The van der Waals surface area contributed by atoms with E-state index < -0.39 is 35.3 Å². The highest BCUT2D eigenvalue weighted by Gasteiger charge is 2.36. The molecule has 310 valence electrons. The molecule has 58 heavy (non-hydrogen) atoms. The maximum Gasteiger partial charge on any atom is 0.324 e. The molecule has 0 spiro atoms. The first-order chi connectivity index (χ1) is 27.8. The zero-order valence-corrected chi connectivity index (χ0v) is 35.3. The number of aromatic nitrogens is 3. The average Bonchev–Trinajstić information content (AvgIpc) is 3.81. The number of thiazole rings is 1. The number of carbonyl (C=O) groups is 4. The molecule has 3 aromatic heterocycles. The molecule has 3 amide bonds. The summed E-state index contributed by atoms with van der Waals surface area (Å²) in [7, 11) is 1.68. The van der Waals surface area contributed by atoms with Crippen molar-refractivity contribution in [2.24, 2.45) is 5.41 Å². The van der Waals surface area contributed by atoms with Crippen molar-refractivity contribution in [1.29, 1.82) is 0 Å². The SMILES string of the molecule is C/C=C(\CN(CCO)C(C)=O)C(=O)N[C@H]1Cc2nc(cs2)-c2ccc3c(c2)c(c(-c2cccnc2[C@H](C)OC)n3CC)CC(C)(C)COC(=O)[C@@H]2CCCN(N2)C1=O. The molecule has 4 aromatic rings. The van der Waals surface area contributed by atoms with Crippen LogP contribution in [0.15, 0.2) is 53.6 Å². The molecule has 0 saturated carbocycles. The number of hydrogen-bond acceptors (Lipinski definition) is 11. The van der Waals surface area contributed by atoms with Gasteiger partial charge in [-0.3, -0.25) is 29.2 Å². The third kappa shape index (κ3) is 9.17. The van der Waals surface area contributed by atoms with Gasteiger partial charge in [0.2, 0.25) is 11.8 Å². The maximum atomic E-state index is 14.3. The Bertz CT molecular complexity index is 2190. The van der Waals surface area contributed by atoms with Gasteiger partial charge in [0.05, 0.1) is 48.0 Å². The number of hydrazine groups is 1. The molecular weight excluding hydrogens is 759 g/mol. The number of benzene rings is 1. The lowest BCUT2D eigenvalue weighted by Crippen LogP contribution is -2.60. The van der Waals surface area contributed by atoms with E-state index in [1.54, 1.807) is 26.3 Å². The number of aliphatic hydroxyl groups is 1. The molecule has 2 aliphatic rings. The van der Waals surface area contributed by atoms with Crippen molar-refractivity contribution in [3.05, 3.63) is 69.8 Å². The van der Waals surface area contributed by atoms with Gasteiger partial charge in [-0.15, -0.1) is 11.3 Å². The van der Waals surface area contributed by atoms with Gasteiger partial charge < -0.3 is 29.4 Å². The monoisotopic (exact) mass is 813 g/mol. The Labute approximate surface area is 343 Å². The Morgan fingerprint density at radius 2 is 2.05 bits per heavy atom. The van der Waals surface area contributed by atoms with Crippen LogP contribution >= 0.6 is 11.3 Å². The number of carbonyl (C=O) groups excluding carboxylic acids is 4. The fraction of sp³-hybridized carbons (Fsp3) is 0.488. The van der Waals surface area contributed by atoms with Gasteiger partial charge in [0.25, 0.3) is 5.91 Å². The van der Waals surface area contributed by atoms with E-state index in [1.165, 1.54) is 28.2 Å². The average molecular weight is 814 g/mol. The van der Waals surface area contributed by atoms with E-state index in [0.29, 0.717) is 37.4 Å². The van der Waals surface area contributed by atoms with Crippen molar-refractivity contribution in [2.45, 2.75) is 92.0 Å². The van der Waals surface area contributed by atoms with Crippen LogP contribution in [0.2, 0.25) is 0 Å². The molecule has 3 atom stereocenters. The molecular formula is C43H55N7O7S. The van der Waals surface area contributed by atoms with Crippen molar-refractivity contribution < 1.29 is 33.8 Å². The second-order valence-corrected chi connectivity index (χ2v) is 16.7. The van der Waals surface area contributed by atoms with Crippen LogP contribution in [0.4, 0.5) is 0 Å². The van der Waals surface area contributed by atoms with Gasteiger partial charge in [0.1, 0.15) is 12.1 Å². The molecule has 2 aliphatic heterocycles. The third-order valence-electron chi connectivity index (χ3n) is 11.0. The van der Waals surface area contributed by atoms with Crippen LogP contribution in [0.1, 0.15) is 76.8 Å². The Morgan fingerprint density at radius 1 is 1.26 bits per heavy atom. The smallest absolute Gasteiger partial charge is 0.324 e. The quantitative estimate of drug-likeness (QED) is 0.147. The van der Waals surface area contributed by atoms with Crippen LogP contribution in [0.5, 0.6) is 0 Å². The highest BCUT2D eigenvalue weighted by molar-refractivity contribution is 7.10. The van der Waals surface area contributed by atoms with Crippen LogP contribution in [-0.2, 0) is 48.0 Å². The summed E-state index contributed by atoms with van der Waals surface area (Å²) in [5.41, 5.74) is 9.52. The Kier molecular flexibility index (Phi) is 13.5. The van der Waals surface area contributed by atoms with Crippen molar-refractivity contribution >= 4 is 45.9 Å². The predicted molar refractivity (Wildman–Crippen MR) is 222 cm³/mol. The Hall–Kier alpha value is -4.96. The number of ether oxygens (including phenoxy) is 2. The lowest BCUT2D eigenvalue weighted by molar-refractivity contribution is -0.155. The Balaban J connectivity index is 1.45. The van der Waals surface area contributed by atoms with Crippen LogP contribution in [-0.4, -0.2) is 105 Å². The second-order valence-electron chi connectivity index (χ2n) is 15.7. The summed E-state index contributed by atoms with van der Waals surface area (Å²) >= 11 is 1.40. The molecule has 0 unspecified atom stereocenters. The number of methoxy groups -OCH3 is 1. The summed E-state index contributed by atoms with van der Waals surface area (Å²) in [4.78, 5) is 65.2. The number of aliphatic hydroxyl groups excluding tert-OH is 1. The van der Waals surface area contributed by atoms with Crippen molar-refractivity contribution in [3.8, 4) is 22.5 Å². The summed E-state index contributed by atoms with van der Waals surface area (Å²) in [6.45, 7) is 12.3. The summed E-state index contributed by atoms with van der Waals surface area (Å²) in [5.74, 6) is -1.69. The van der Waals surface area contributed by atoms with E-state index in [0.717, 1.165) is 44.7 Å². The molecule has 5 heterocycles. The van der Waals surface area contributed by atoms with Gasteiger partial charge in [-0.05, 0) is 69.9 Å². The summed E-state index contributed by atoms with van der Waals surface area (Å²) in [6, 6.07) is 8.55. The first kappa shape index (κ1) is 42.6. The predicted octanol–water partition coefficient (Wildman–Crippen LogP) is 4.99. The zero-order valence-electron chi connectivity index (χ0n) is 34.5. The highest BCUT2D eigenvalue weighted by atomic mass is 32.1. The van der Waals surface area contributed by atoms with Gasteiger partial charge in [0, 0.05) is 84.7 Å². The van der Waals surface area contributed by atoms with Crippen LogP contribution in [0, 0.1) is 5.41 Å². The van der Waals surface area contributed by atoms with Gasteiger partial charge in [-0.2, -0.15) is 0 Å². The number of fused-ring (bicyclic) bond motifs is 6. The fourth-order valence-electron chi connectivity index (χ4n) is 7.78. The van der Waals surface area contributed by atoms with E-state index in [-0.39, 0.29) is 50.3 Å². The number of esters is 1. The molecule has 15 heteroatoms. The minimum atomic E-state index is -1.05. The molecule has 0 radical (unpaired) electrons. The van der Waals surface area contributed by atoms with Crippen LogP contribution in [0.25, 0.3) is 33.4 Å². The molecule has 3 N–H and O–H groups in total. The molecule has 14 nitrogen and oxygen atoms in total. The topological polar surface area (TPSA) is 168 Å². The number of amides is 3. The van der Waals surface area contributed by atoms with Gasteiger partial charge in [-0.1, -0.05) is 26.0 Å². The van der Waals surface area contributed by atoms with E-state index in [9.17, 15) is 24.3 Å². The van der Waals surface area contributed by atoms with Crippen molar-refractivity contribution in [1.82, 2.24) is 35.2 Å². The number of hydrogen-bond donors (Lipinski definition) is 3. The van der Waals surface area contributed by atoms with Crippen LogP contribution < -0.4 is 10.7 Å². The largest absolute Gasteiger partial charge is 0.464 e. The molecule has 1 saturated heterocycles. The number of cyclic esters (lactones) is 1. The van der Waals surface area contributed by atoms with Gasteiger partial charge in [0.15, 0.2) is 0 Å². The first-order valence-electron chi connectivity index (χ1n) is 19.9. The van der Waals surface area contributed by atoms with E-state index in [1.807, 2.05) is 18.4 Å². The van der Waals surface area contributed by atoms with Crippen molar-refractivity contribution in [2.75, 3.05) is 40.0 Å². The number of nitrogens with one attached hydrogen (secondary N) is 2. The van der Waals surface area contributed by atoms with E-state index in [2.05, 4.69) is 60.3 Å². The molecule has 1 fully saturated rings. The number of nitrogens with zero attached hydrogens (tertiary/aromatic N) is 5. The maximum absolute atomic E-state index is 14.3. The number of rotatable bonds is 10. The minimum Gasteiger partial charge on any atom is -0.464 e. The Morgan fingerprint density at radius 3 is 2.76 bits per heavy atom. The molecule has 6 bridgehead atoms. The van der Waals surface area contributed by atoms with Gasteiger partial charge >= 0.3 is 5.97 Å². The van der Waals surface area contributed by atoms with E-state index >= 15 is 0 Å². The summed E-state index contributed by atoms with van der Waals surface area (Å²) in [5, 5.41) is 17.5.